The molecule has 3 rings (SSSR count). The number of phosphoric ester groups is 1. The van der Waals surface area contributed by atoms with Gasteiger partial charge in [-0.3, -0.25) is 13.9 Å². The third-order valence-corrected chi connectivity index (χ3v) is 4.51. The fourth-order valence-corrected chi connectivity index (χ4v) is 3.12. The van der Waals surface area contributed by atoms with Crippen LogP contribution in [-0.4, -0.2) is 59.5 Å². The summed E-state index contributed by atoms with van der Waals surface area (Å²) in [4.78, 5) is 34.9. The Hall–Kier alpha value is -1.57. The summed E-state index contributed by atoms with van der Waals surface area (Å²) in [5.41, 5.74) is -0.817. The minimum Gasteiger partial charge on any atom is -0.387 e. The van der Waals surface area contributed by atoms with E-state index < -0.39 is 50.3 Å². The average Bonchev–Trinajstić information content (AvgIpc) is 2.79. The molecular weight excluding hydrogens is 396 g/mol. The van der Waals surface area contributed by atoms with Gasteiger partial charge in [0.2, 0.25) is 4.77 Å². The zero-order valence-electron chi connectivity index (χ0n) is 12.7. The molecule has 3 heterocycles. The summed E-state index contributed by atoms with van der Waals surface area (Å²) in [7, 11) is -4.81. The smallest absolute Gasteiger partial charge is 0.387 e. The van der Waals surface area contributed by atoms with Gasteiger partial charge < -0.3 is 29.7 Å². The number of halogens is 1. The first-order valence-electron chi connectivity index (χ1n) is 7.10. The Kier molecular flexibility index (Phi) is 5.07. The number of fused-ring (bicyclic) bond motifs is 1. The molecule has 5 N–H and O–H groups in total. The molecule has 1 unspecified atom stereocenters. The lowest BCUT2D eigenvalue weighted by molar-refractivity contribution is -0.0531. The average molecular weight is 409 g/mol. The molecule has 0 saturated carbocycles. The molecule has 11 nitrogen and oxygen atoms in total. The Morgan fingerprint density at radius 3 is 2.77 bits per heavy atom. The highest BCUT2D eigenvalue weighted by atomic mass is 32.1. The summed E-state index contributed by atoms with van der Waals surface area (Å²) < 4.78 is 35.2. The van der Waals surface area contributed by atoms with E-state index in [0.29, 0.717) is 6.07 Å². The maximum atomic E-state index is 14.0. The van der Waals surface area contributed by atoms with Gasteiger partial charge in [0, 0.05) is 12.3 Å². The molecule has 2 aromatic heterocycles. The van der Waals surface area contributed by atoms with E-state index in [2.05, 4.69) is 14.5 Å². The van der Waals surface area contributed by atoms with Crippen molar-refractivity contribution in [3.8, 4) is 0 Å². The number of nitrogens with one attached hydrogen (secondary N) is 1. The zero-order chi connectivity index (χ0) is 19.2. The second-order valence-electron chi connectivity index (χ2n) is 5.51. The van der Waals surface area contributed by atoms with Gasteiger partial charge in [0.25, 0.3) is 5.56 Å². The first kappa shape index (κ1) is 19.2. The van der Waals surface area contributed by atoms with E-state index in [0.717, 1.165) is 10.8 Å². The molecule has 0 amide bonds. The molecule has 0 spiro atoms. The van der Waals surface area contributed by atoms with Crippen LogP contribution in [0.5, 0.6) is 0 Å². The molecule has 1 aliphatic rings. The van der Waals surface area contributed by atoms with Crippen LogP contribution < -0.4 is 5.56 Å². The van der Waals surface area contributed by atoms with Gasteiger partial charge in [0.15, 0.2) is 6.23 Å². The molecule has 0 radical (unpaired) electrons. The van der Waals surface area contributed by atoms with Gasteiger partial charge in [-0.05, 0) is 12.2 Å². The zero-order valence-corrected chi connectivity index (χ0v) is 14.4. The highest BCUT2D eigenvalue weighted by Crippen LogP contribution is 2.38. The Morgan fingerprint density at radius 1 is 1.42 bits per heavy atom. The first-order chi connectivity index (χ1) is 12.1. The second kappa shape index (κ2) is 6.87. The summed E-state index contributed by atoms with van der Waals surface area (Å²) in [6, 6.07) is 0.703. The van der Waals surface area contributed by atoms with Crippen molar-refractivity contribution in [3.63, 3.8) is 0 Å². The lowest BCUT2D eigenvalue weighted by atomic mass is 10.1. The second-order valence-corrected chi connectivity index (χ2v) is 7.11. The lowest BCUT2D eigenvalue weighted by Gasteiger charge is -2.18. The van der Waals surface area contributed by atoms with Crippen molar-refractivity contribution in [2.75, 3.05) is 6.61 Å². The van der Waals surface area contributed by atoms with Gasteiger partial charge in [-0.25, -0.2) is 13.9 Å². The molecule has 1 aliphatic heterocycles. The Morgan fingerprint density at radius 2 is 2.12 bits per heavy atom. The SMILES string of the molecule is O=c1cc(F)c2cn([C@@H]3O[C@H](COP(=O)(O)O)C(O)[C@@H]3O)c(=S)nc2[nH]1. The predicted octanol–water partition coefficient (Wildman–Crippen LogP) is -0.678. The topological polar surface area (TPSA) is 167 Å². The molecular formula is C12H13FN3O8PS. The summed E-state index contributed by atoms with van der Waals surface area (Å²) in [5, 5.41) is 20.0. The van der Waals surface area contributed by atoms with E-state index in [1.807, 2.05) is 0 Å². The van der Waals surface area contributed by atoms with Crippen molar-refractivity contribution in [2.45, 2.75) is 24.5 Å². The number of hydrogen-bond acceptors (Lipinski definition) is 8. The molecule has 0 bridgehead atoms. The quantitative estimate of drug-likeness (QED) is 0.322. The molecule has 4 atom stereocenters. The number of aromatic nitrogens is 3. The summed E-state index contributed by atoms with van der Waals surface area (Å²) in [6.45, 7) is -0.699. The molecule has 142 valence electrons. The monoisotopic (exact) mass is 409 g/mol. The van der Waals surface area contributed by atoms with Crippen molar-refractivity contribution in [3.05, 3.63) is 33.2 Å². The third-order valence-electron chi connectivity index (χ3n) is 3.73. The number of aromatic amines is 1. The highest BCUT2D eigenvalue weighted by Gasteiger charge is 2.44. The minimum atomic E-state index is -4.81. The molecule has 26 heavy (non-hydrogen) atoms. The number of phosphoric acid groups is 1. The van der Waals surface area contributed by atoms with E-state index in [-0.39, 0.29) is 15.8 Å². The van der Waals surface area contributed by atoms with Crippen molar-refractivity contribution >= 4 is 31.1 Å². The van der Waals surface area contributed by atoms with E-state index in [1.54, 1.807) is 0 Å². The van der Waals surface area contributed by atoms with Gasteiger partial charge in [-0.1, -0.05) is 0 Å². The van der Waals surface area contributed by atoms with Crippen LogP contribution in [0.15, 0.2) is 17.1 Å². The number of rotatable bonds is 4. The van der Waals surface area contributed by atoms with Crippen LogP contribution in [0, 0.1) is 10.6 Å². The Labute approximate surface area is 148 Å². The number of H-pyrrole nitrogens is 1. The van der Waals surface area contributed by atoms with Crippen molar-refractivity contribution in [2.24, 2.45) is 0 Å². The first-order valence-corrected chi connectivity index (χ1v) is 9.04. The van der Waals surface area contributed by atoms with E-state index >= 15 is 0 Å². The normalized spacial score (nSPS) is 26.5. The number of ether oxygens (including phenoxy) is 1. The van der Waals surface area contributed by atoms with Gasteiger partial charge in [0.1, 0.15) is 29.8 Å². The van der Waals surface area contributed by atoms with Gasteiger partial charge in [0.05, 0.1) is 12.0 Å². The van der Waals surface area contributed by atoms with Crippen LogP contribution in [0.3, 0.4) is 0 Å². The predicted molar refractivity (Wildman–Crippen MR) is 85.1 cm³/mol. The maximum Gasteiger partial charge on any atom is 0.469 e. The van der Waals surface area contributed by atoms with Crippen LogP contribution >= 0.6 is 20.0 Å². The minimum absolute atomic E-state index is 0.106. The number of pyridine rings is 1. The Bertz CT molecular complexity index is 1010. The van der Waals surface area contributed by atoms with Crippen molar-refractivity contribution in [1.82, 2.24) is 14.5 Å². The van der Waals surface area contributed by atoms with Crippen molar-refractivity contribution in [1.29, 1.82) is 0 Å². The maximum absolute atomic E-state index is 14.0. The number of aliphatic hydroxyl groups is 2. The summed E-state index contributed by atoms with van der Waals surface area (Å²) in [6.07, 6.45) is -4.56. The molecule has 14 heteroatoms. The van der Waals surface area contributed by atoms with Crippen LogP contribution in [0.1, 0.15) is 6.23 Å². The van der Waals surface area contributed by atoms with Crippen LogP contribution in [-0.2, 0) is 13.8 Å². The summed E-state index contributed by atoms with van der Waals surface area (Å²) >= 11 is 5.04. The van der Waals surface area contributed by atoms with E-state index in [9.17, 15) is 24.0 Å². The molecule has 1 fully saturated rings. The molecule has 0 aromatic carbocycles. The third kappa shape index (κ3) is 3.75. The number of nitrogens with zero attached hydrogens (tertiary/aromatic N) is 2. The largest absolute Gasteiger partial charge is 0.469 e. The molecule has 1 saturated heterocycles. The molecule has 2 aromatic rings. The molecule has 0 aliphatic carbocycles. The standard InChI is InChI=1S/C12H13FN3O8PS/c13-5-1-7(17)14-10-4(5)2-16(12(26)15-10)11-9(19)8(18)6(24-11)3-23-25(20,21)22/h1-2,6,8-9,11,18-19H,3H2,(H2,20,21,22)(H,14,15,17,26)/t6-,8?,9+,11-/m1/s1. The van der Waals surface area contributed by atoms with Crippen LogP contribution in [0.2, 0.25) is 0 Å². The number of hydrogen-bond donors (Lipinski definition) is 5. The van der Waals surface area contributed by atoms with E-state index in [4.69, 9.17) is 26.7 Å². The number of aliphatic hydroxyl groups excluding tert-OH is 2. The lowest BCUT2D eigenvalue weighted by Crippen LogP contribution is -2.33. The highest BCUT2D eigenvalue weighted by molar-refractivity contribution is 7.71. The van der Waals surface area contributed by atoms with Crippen LogP contribution in [0.25, 0.3) is 11.0 Å². The van der Waals surface area contributed by atoms with E-state index in [1.165, 1.54) is 0 Å². The Balaban J connectivity index is 1.96. The fraction of sp³-hybridized carbons (Fsp3) is 0.417. The van der Waals surface area contributed by atoms with Gasteiger partial charge in [-0.2, -0.15) is 0 Å². The van der Waals surface area contributed by atoms with Crippen LogP contribution in [0.4, 0.5) is 4.39 Å². The van der Waals surface area contributed by atoms with Gasteiger partial charge in [-0.15, -0.1) is 0 Å². The van der Waals surface area contributed by atoms with Crippen molar-refractivity contribution < 1.29 is 38.2 Å². The van der Waals surface area contributed by atoms with Gasteiger partial charge >= 0.3 is 7.82 Å². The fourth-order valence-electron chi connectivity index (χ4n) is 2.53. The summed E-state index contributed by atoms with van der Waals surface area (Å²) in [5.74, 6) is -0.880.